The van der Waals surface area contributed by atoms with E-state index in [1.165, 1.54) is 0 Å². The minimum absolute atomic E-state index is 0.0349. The Morgan fingerprint density at radius 3 is 2.41 bits per heavy atom. The van der Waals surface area contributed by atoms with Crippen LogP contribution in [0, 0.1) is 5.92 Å². The van der Waals surface area contributed by atoms with Crippen LogP contribution in [0.3, 0.4) is 0 Å². The van der Waals surface area contributed by atoms with Crippen molar-refractivity contribution in [1.29, 1.82) is 0 Å². The van der Waals surface area contributed by atoms with Gasteiger partial charge in [0.15, 0.2) is 0 Å². The number of carbonyl (C=O) groups is 1. The molecule has 0 radical (unpaired) electrons. The molecule has 0 aliphatic carbocycles. The number of rotatable bonds is 5. The molecular weight excluding hydrogens is 214 g/mol. The summed E-state index contributed by atoms with van der Waals surface area (Å²) in [5, 5.41) is 9.82. The summed E-state index contributed by atoms with van der Waals surface area (Å²) in [4.78, 5) is 12.6. The number of hydrogen-bond donors (Lipinski definition) is 1. The molecule has 1 N–H and O–H groups in total. The maximum absolute atomic E-state index is 11.0. The van der Waals surface area contributed by atoms with Crippen molar-refractivity contribution < 1.29 is 9.90 Å². The van der Waals surface area contributed by atoms with Gasteiger partial charge >= 0.3 is 0 Å². The standard InChI is InChI=1S/C14H21NO2/c1-10(2)7-12-5-6-14(17)13(8-12)15(9-16)11(3)4/h5-6,8-11,17H,7H2,1-4H3. The van der Waals surface area contributed by atoms with E-state index in [9.17, 15) is 9.90 Å². The molecule has 0 fully saturated rings. The van der Waals surface area contributed by atoms with Gasteiger partial charge in [-0.25, -0.2) is 0 Å². The fourth-order valence-corrected chi connectivity index (χ4v) is 1.83. The van der Waals surface area contributed by atoms with Gasteiger partial charge in [0.1, 0.15) is 5.75 Å². The second-order valence-electron chi connectivity index (χ2n) is 5.03. The second kappa shape index (κ2) is 5.71. The van der Waals surface area contributed by atoms with Gasteiger partial charge in [0.05, 0.1) is 5.69 Å². The first kappa shape index (κ1) is 13.6. The Bertz CT molecular complexity index is 386. The third kappa shape index (κ3) is 3.48. The minimum Gasteiger partial charge on any atom is -0.506 e. The van der Waals surface area contributed by atoms with Crippen LogP contribution in [0.1, 0.15) is 33.3 Å². The summed E-state index contributed by atoms with van der Waals surface area (Å²) in [5.41, 5.74) is 1.73. The average Bonchev–Trinajstić information content (AvgIpc) is 2.22. The van der Waals surface area contributed by atoms with Crippen LogP contribution in [0.25, 0.3) is 0 Å². The number of benzene rings is 1. The molecule has 1 aromatic carbocycles. The third-order valence-corrected chi connectivity index (χ3v) is 2.63. The van der Waals surface area contributed by atoms with E-state index >= 15 is 0 Å². The number of anilines is 1. The summed E-state index contributed by atoms with van der Waals surface area (Å²) < 4.78 is 0. The van der Waals surface area contributed by atoms with Crippen molar-refractivity contribution in [2.24, 2.45) is 5.92 Å². The molecule has 3 heteroatoms. The summed E-state index contributed by atoms with van der Waals surface area (Å²) in [6, 6.07) is 5.49. The van der Waals surface area contributed by atoms with Crippen molar-refractivity contribution >= 4 is 12.1 Å². The normalized spacial score (nSPS) is 10.9. The van der Waals surface area contributed by atoms with Crippen molar-refractivity contribution in [3.05, 3.63) is 23.8 Å². The zero-order chi connectivity index (χ0) is 13.0. The summed E-state index contributed by atoms with van der Waals surface area (Å²) in [6.07, 6.45) is 1.71. The first-order valence-electron chi connectivity index (χ1n) is 6.01. The third-order valence-electron chi connectivity index (χ3n) is 2.63. The second-order valence-corrected chi connectivity index (χ2v) is 5.03. The quantitative estimate of drug-likeness (QED) is 0.797. The van der Waals surface area contributed by atoms with Gasteiger partial charge < -0.3 is 10.0 Å². The van der Waals surface area contributed by atoms with Crippen molar-refractivity contribution in [3.63, 3.8) is 0 Å². The lowest BCUT2D eigenvalue weighted by molar-refractivity contribution is -0.107. The van der Waals surface area contributed by atoms with Crippen LogP contribution in [-0.4, -0.2) is 17.6 Å². The summed E-state index contributed by atoms with van der Waals surface area (Å²) in [5.74, 6) is 0.703. The molecule has 3 nitrogen and oxygen atoms in total. The van der Waals surface area contributed by atoms with Crippen molar-refractivity contribution in [1.82, 2.24) is 0 Å². The molecule has 1 aromatic rings. The molecule has 1 rings (SSSR count). The maximum Gasteiger partial charge on any atom is 0.214 e. The molecule has 0 atom stereocenters. The highest BCUT2D eigenvalue weighted by molar-refractivity contribution is 5.79. The predicted octanol–water partition coefficient (Wildman–Crippen LogP) is 2.96. The van der Waals surface area contributed by atoms with E-state index in [1.54, 1.807) is 11.0 Å². The van der Waals surface area contributed by atoms with E-state index in [2.05, 4.69) is 13.8 Å². The van der Waals surface area contributed by atoms with Crippen LogP contribution in [-0.2, 0) is 11.2 Å². The minimum atomic E-state index is 0.0349. The molecule has 0 unspecified atom stereocenters. The predicted molar refractivity (Wildman–Crippen MR) is 70.3 cm³/mol. The first-order valence-corrected chi connectivity index (χ1v) is 6.01. The molecule has 0 bridgehead atoms. The number of aromatic hydroxyl groups is 1. The van der Waals surface area contributed by atoms with Gasteiger partial charge in [0.25, 0.3) is 0 Å². The van der Waals surface area contributed by atoms with Crippen LogP contribution in [0.5, 0.6) is 5.75 Å². The van der Waals surface area contributed by atoms with Crippen molar-refractivity contribution in [2.45, 2.75) is 40.2 Å². The first-order chi connectivity index (χ1) is 7.95. The van der Waals surface area contributed by atoms with Gasteiger partial charge in [-0.1, -0.05) is 19.9 Å². The Kier molecular flexibility index (Phi) is 4.55. The van der Waals surface area contributed by atoms with E-state index in [-0.39, 0.29) is 11.8 Å². The fraction of sp³-hybridized carbons (Fsp3) is 0.500. The topological polar surface area (TPSA) is 40.5 Å². The Morgan fingerprint density at radius 2 is 1.94 bits per heavy atom. The molecule has 17 heavy (non-hydrogen) atoms. The molecule has 0 saturated carbocycles. The summed E-state index contributed by atoms with van der Waals surface area (Å²) in [7, 11) is 0. The Labute approximate surface area is 103 Å². The average molecular weight is 235 g/mol. The van der Waals surface area contributed by atoms with Crippen molar-refractivity contribution in [2.75, 3.05) is 4.90 Å². The maximum atomic E-state index is 11.0. The molecule has 1 amide bonds. The van der Waals surface area contributed by atoms with E-state index in [0.29, 0.717) is 11.6 Å². The zero-order valence-corrected chi connectivity index (χ0v) is 11.0. The molecule has 0 spiro atoms. The number of phenols is 1. The largest absolute Gasteiger partial charge is 0.506 e. The van der Waals surface area contributed by atoms with Crippen LogP contribution in [0.15, 0.2) is 18.2 Å². The Hall–Kier alpha value is -1.51. The summed E-state index contributed by atoms with van der Waals surface area (Å²) >= 11 is 0. The van der Waals surface area contributed by atoms with Crippen LogP contribution in [0.2, 0.25) is 0 Å². The van der Waals surface area contributed by atoms with E-state index in [4.69, 9.17) is 0 Å². The number of amides is 1. The lowest BCUT2D eigenvalue weighted by Crippen LogP contribution is -2.29. The van der Waals surface area contributed by atoms with Crippen LogP contribution >= 0.6 is 0 Å². The number of carbonyl (C=O) groups excluding carboxylic acids is 1. The number of hydrogen-bond acceptors (Lipinski definition) is 2. The van der Waals surface area contributed by atoms with Crippen LogP contribution < -0.4 is 4.90 Å². The molecule has 94 valence electrons. The van der Waals surface area contributed by atoms with Crippen molar-refractivity contribution in [3.8, 4) is 5.75 Å². The highest BCUT2D eigenvalue weighted by Gasteiger charge is 2.14. The molecule has 0 aliphatic rings. The van der Waals surface area contributed by atoms with Gasteiger partial charge in [0, 0.05) is 6.04 Å². The molecule has 0 saturated heterocycles. The van der Waals surface area contributed by atoms with E-state index in [0.717, 1.165) is 18.4 Å². The van der Waals surface area contributed by atoms with E-state index in [1.807, 2.05) is 26.0 Å². The van der Waals surface area contributed by atoms with Gasteiger partial charge in [-0.2, -0.15) is 0 Å². The van der Waals surface area contributed by atoms with Gasteiger partial charge in [0.2, 0.25) is 6.41 Å². The SMILES string of the molecule is CC(C)Cc1ccc(O)c(N(C=O)C(C)C)c1. The molecular formula is C14H21NO2. The van der Waals surface area contributed by atoms with Gasteiger partial charge in [-0.15, -0.1) is 0 Å². The highest BCUT2D eigenvalue weighted by atomic mass is 16.3. The zero-order valence-electron chi connectivity index (χ0n) is 11.0. The number of phenolic OH excluding ortho intramolecular Hbond substituents is 1. The fourth-order valence-electron chi connectivity index (χ4n) is 1.83. The van der Waals surface area contributed by atoms with Crippen LogP contribution in [0.4, 0.5) is 5.69 Å². The summed E-state index contributed by atoms with van der Waals surface area (Å²) in [6.45, 7) is 8.13. The van der Waals surface area contributed by atoms with E-state index < -0.39 is 0 Å². The molecule has 0 heterocycles. The Morgan fingerprint density at radius 1 is 1.29 bits per heavy atom. The lowest BCUT2D eigenvalue weighted by atomic mass is 10.0. The molecule has 0 aromatic heterocycles. The monoisotopic (exact) mass is 235 g/mol. The number of nitrogens with zero attached hydrogens (tertiary/aromatic N) is 1. The molecule has 0 aliphatic heterocycles. The lowest BCUT2D eigenvalue weighted by Gasteiger charge is -2.23. The smallest absolute Gasteiger partial charge is 0.214 e. The van der Waals surface area contributed by atoms with Gasteiger partial charge in [-0.05, 0) is 43.9 Å². The van der Waals surface area contributed by atoms with Gasteiger partial charge in [-0.3, -0.25) is 4.79 Å². The Balaban J connectivity index is 3.08. The highest BCUT2D eigenvalue weighted by Crippen LogP contribution is 2.29.